The minimum absolute atomic E-state index is 0.0558. The Balaban J connectivity index is 2.17. The first-order valence-electron chi connectivity index (χ1n) is 5.43. The predicted molar refractivity (Wildman–Crippen MR) is 82.6 cm³/mol. The summed E-state index contributed by atoms with van der Waals surface area (Å²) in [6, 6.07) is 8.20. The van der Waals surface area contributed by atoms with Gasteiger partial charge in [-0.15, -0.1) is 0 Å². The Bertz CT molecular complexity index is 834. The van der Waals surface area contributed by atoms with E-state index in [1.165, 1.54) is 23.9 Å². The van der Waals surface area contributed by atoms with Crippen molar-refractivity contribution in [2.24, 2.45) is 0 Å². The highest BCUT2D eigenvalue weighted by molar-refractivity contribution is 7.99. The fourth-order valence-corrected chi connectivity index (χ4v) is 4.10. The van der Waals surface area contributed by atoms with E-state index in [9.17, 15) is 9.90 Å². The van der Waals surface area contributed by atoms with E-state index in [1.807, 2.05) is 0 Å². The Morgan fingerprint density at radius 1 is 1.20 bits per heavy atom. The monoisotopic (exact) mass is 344 g/mol. The van der Waals surface area contributed by atoms with E-state index in [1.54, 1.807) is 18.2 Å². The van der Waals surface area contributed by atoms with Crippen LogP contribution in [0.5, 0.6) is 5.75 Å². The van der Waals surface area contributed by atoms with Gasteiger partial charge in [0, 0.05) is 11.0 Å². The number of phenols is 1. The van der Waals surface area contributed by atoms with Crippen LogP contribution in [0.4, 0.5) is 0 Å². The molecule has 0 aliphatic rings. The molecule has 1 aromatic heterocycles. The lowest BCUT2D eigenvalue weighted by Crippen LogP contribution is -1.82. The number of fused-ring (bicyclic) bond motifs is 1. The van der Waals surface area contributed by atoms with Crippen molar-refractivity contribution in [2.75, 3.05) is 0 Å². The third kappa shape index (κ3) is 2.54. The van der Waals surface area contributed by atoms with E-state index in [-0.39, 0.29) is 5.75 Å². The summed E-state index contributed by atoms with van der Waals surface area (Å²) in [6.45, 7) is 0. The fraction of sp³-hybridized carbons (Fsp3) is 0. The van der Waals surface area contributed by atoms with Gasteiger partial charge < -0.3 is 9.52 Å². The molecule has 0 saturated heterocycles. The van der Waals surface area contributed by atoms with Crippen LogP contribution in [0, 0.1) is 0 Å². The largest absolute Gasteiger partial charge is 0.508 e. The van der Waals surface area contributed by atoms with Crippen molar-refractivity contribution in [3.63, 3.8) is 0 Å². The van der Waals surface area contributed by atoms with Gasteiger partial charge in [-0.1, -0.05) is 52.4 Å². The van der Waals surface area contributed by atoms with Crippen molar-refractivity contribution >= 4 is 56.6 Å². The maximum Gasteiger partial charge on any atom is 0.396 e. The second kappa shape index (κ2) is 5.33. The van der Waals surface area contributed by atoms with Gasteiger partial charge in [-0.05, 0) is 18.2 Å². The lowest BCUT2D eigenvalue weighted by molar-refractivity contribution is 0.474. The summed E-state index contributed by atoms with van der Waals surface area (Å²) in [5.74, 6) is 0.0558. The molecule has 0 radical (unpaired) electrons. The molecule has 0 aliphatic carbocycles. The number of phenolic OH excluding ortho intramolecular Hbond substituents is 1. The summed E-state index contributed by atoms with van der Waals surface area (Å²) in [4.78, 5) is 12.2. The number of aromatic hydroxyl groups is 1. The Morgan fingerprint density at radius 3 is 2.60 bits per heavy atom. The van der Waals surface area contributed by atoms with Crippen LogP contribution in [-0.2, 0) is 0 Å². The van der Waals surface area contributed by atoms with E-state index in [0.29, 0.717) is 30.1 Å². The molecule has 0 aliphatic heterocycles. The van der Waals surface area contributed by atoms with Crippen LogP contribution in [0.15, 0.2) is 49.3 Å². The summed E-state index contributed by atoms with van der Waals surface area (Å²) in [6.07, 6.45) is 0. The van der Waals surface area contributed by atoms with Crippen molar-refractivity contribution < 1.29 is 9.52 Å². The molecule has 3 nitrogen and oxygen atoms in total. The third-order valence-electron chi connectivity index (χ3n) is 2.52. The summed E-state index contributed by atoms with van der Waals surface area (Å²) >= 11 is 14.4. The molecule has 2 aromatic carbocycles. The first kappa shape index (κ1) is 13.8. The Labute approximate surface area is 131 Å². The molecule has 102 valence electrons. The zero-order valence-electron chi connectivity index (χ0n) is 9.72. The summed E-state index contributed by atoms with van der Waals surface area (Å²) in [5.41, 5.74) is 0.429. The van der Waals surface area contributed by atoms with Crippen LogP contribution < -0.4 is 4.94 Å². The van der Waals surface area contributed by atoms with Crippen LogP contribution in [-0.4, -0.2) is 5.11 Å². The van der Waals surface area contributed by atoms with E-state index in [4.69, 9.17) is 27.6 Å². The molecule has 3 aromatic rings. The minimum Gasteiger partial charge on any atom is -0.508 e. The first-order chi connectivity index (χ1) is 9.54. The molecule has 0 unspecified atom stereocenters. The van der Waals surface area contributed by atoms with Gasteiger partial charge in [-0.3, -0.25) is 0 Å². The van der Waals surface area contributed by atoms with Gasteiger partial charge in [0.15, 0.2) is 5.58 Å². The zero-order valence-corrected chi connectivity index (χ0v) is 12.9. The van der Waals surface area contributed by atoms with Crippen LogP contribution in [0.3, 0.4) is 0 Å². The smallest absolute Gasteiger partial charge is 0.396 e. The Kier molecular flexibility index (Phi) is 3.69. The number of halogens is 2. The zero-order chi connectivity index (χ0) is 14.3. The highest BCUT2D eigenvalue weighted by Crippen LogP contribution is 2.42. The fourth-order valence-electron chi connectivity index (χ4n) is 1.70. The lowest BCUT2D eigenvalue weighted by atomic mass is 10.3. The molecule has 0 spiro atoms. The third-order valence-corrected chi connectivity index (χ3v) is 5.31. The van der Waals surface area contributed by atoms with Crippen molar-refractivity contribution in [3.05, 3.63) is 50.1 Å². The molecular formula is C13H6Cl2O3S2. The van der Waals surface area contributed by atoms with Crippen LogP contribution in [0.1, 0.15) is 0 Å². The number of rotatable bonds is 2. The van der Waals surface area contributed by atoms with Gasteiger partial charge in [0.05, 0.1) is 19.6 Å². The standard InChI is InChI=1S/C13H6Cl2O3S2/c14-7-2-1-3-8(15)12(7)19-9-4-6(16)5-10-11(9)18-13(17)20-10/h1-5,16H. The first-order valence-corrected chi connectivity index (χ1v) is 7.82. The maximum atomic E-state index is 11.3. The van der Waals surface area contributed by atoms with Gasteiger partial charge in [-0.2, -0.15) is 0 Å². The quantitative estimate of drug-likeness (QED) is 0.709. The van der Waals surface area contributed by atoms with E-state index in [2.05, 4.69) is 0 Å². The van der Waals surface area contributed by atoms with Crippen LogP contribution in [0.2, 0.25) is 10.0 Å². The van der Waals surface area contributed by atoms with Crippen molar-refractivity contribution in [3.8, 4) is 5.75 Å². The molecule has 0 saturated carbocycles. The predicted octanol–water partition coefficient (Wildman–Crippen LogP) is 5.02. The normalized spacial score (nSPS) is 11.1. The average molecular weight is 345 g/mol. The van der Waals surface area contributed by atoms with Gasteiger partial charge in [0.2, 0.25) is 0 Å². The van der Waals surface area contributed by atoms with Crippen molar-refractivity contribution in [2.45, 2.75) is 9.79 Å². The summed E-state index contributed by atoms with van der Waals surface area (Å²) in [5, 5.41) is 10.7. The summed E-state index contributed by atoms with van der Waals surface area (Å²) in [7, 11) is 0. The lowest BCUT2D eigenvalue weighted by Gasteiger charge is -2.07. The molecule has 1 N–H and O–H groups in total. The van der Waals surface area contributed by atoms with Crippen LogP contribution >= 0.6 is 46.3 Å². The van der Waals surface area contributed by atoms with Crippen molar-refractivity contribution in [1.29, 1.82) is 0 Å². The molecule has 0 bridgehead atoms. The number of hydrogen-bond donors (Lipinski definition) is 1. The Hall–Kier alpha value is -1.14. The topological polar surface area (TPSA) is 50.4 Å². The molecule has 3 rings (SSSR count). The molecular weight excluding hydrogens is 339 g/mol. The van der Waals surface area contributed by atoms with Crippen LogP contribution in [0.25, 0.3) is 10.3 Å². The minimum atomic E-state index is -0.419. The summed E-state index contributed by atoms with van der Waals surface area (Å²) < 4.78 is 5.73. The van der Waals surface area contributed by atoms with Crippen molar-refractivity contribution in [1.82, 2.24) is 0 Å². The molecule has 0 amide bonds. The number of benzene rings is 2. The molecule has 1 heterocycles. The van der Waals surface area contributed by atoms with Gasteiger partial charge in [0.25, 0.3) is 0 Å². The van der Waals surface area contributed by atoms with Gasteiger partial charge >= 0.3 is 4.94 Å². The van der Waals surface area contributed by atoms with Gasteiger partial charge in [-0.25, -0.2) is 4.79 Å². The number of hydrogen-bond acceptors (Lipinski definition) is 5. The maximum absolute atomic E-state index is 11.3. The van der Waals surface area contributed by atoms with E-state index >= 15 is 0 Å². The van der Waals surface area contributed by atoms with E-state index in [0.717, 1.165) is 11.3 Å². The van der Waals surface area contributed by atoms with E-state index < -0.39 is 4.94 Å². The second-order valence-corrected chi connectivity index (χ2v) is 6.72. The molecule has 7 heteroatoms. The highest BCUT2D eigenvalue weighted by atomic mass is 35.5. The highest BCUT2D eigenvalue weighted by Gasteiger charge is 2.14. The Morgan fingerprint density at radius 2 is 1.90 bits per heavy atom. The SMILES string of the molecule is O=c1oc2c(Sc3c(Cl)cccc3Cl)cc(O)cc2s1. The molecule has 20 heavy (non-hydrogen) atoms. The molecule has 0 atom stereocenters. The van der Waals surface area contributed by atoms with Gasteiger partial charge in [0.1, 0.15) is 5.75 Å². The second-order valence-electron chi connectivity index (χ2n) is 3.88. The molecule has 0 fully saturated rings. The average Bonchev–Trinajstić information content (AvgIpc) is 2.74.